The number of nitriles is 1. The van der Waals surface area contributed by atoms with E-state index in [-0.39, 0.29) is 0 Å². The zero-order chi connectivity index (χ0) is 13.2. The summed E-state index contributed by atoms with van der Waals surface area (Å²) in [6.07, 6.45) is 1.82. The van der Waals surface area contributed by atoms with Crippen LogP contribution in [0.25, 0.3) is 5.65 Å². The average Bonchev–Trinajstić information content (AvgIpc) is 2.80. The van der Waals surface area contributed by atoms with Gasteiger partial charge in [0, 0.05) is 10.7 Å². The third-order valence-electron chi connectivity index (χ3n) is 2.59. The smallest absolute Gasteiger partial charge is 0.247 e. The topological polar surface area (TPSA) is 66.0 Å². The number of nitrogens with one attached hydrogen (secondary N) is 1. The summed E-state index contributed by atoms with van der Waals surface area (Å²) in [5, 5.41) is 16.4. The highest BCUT2D eigenvalue weighted by molar-refractivity contribution is 9.10. The van der Waals surface area contributed by atoms with Crippen molar-refractivity contribution in [3.8, 4) is 6.07 Å². The number of benzene rings is 1. The van der Waals surface area contributed by atoms with Gasteiger partial charge in [-0.05, 0) is 40.2 Å². The average molecular weight is 314 g/mol. The van der Waals surface area contributed by atoms with E-state index in [1.54, 1.807) is 10.6 Å². The second kappa shape index (κ2) is 4.71. The van der Waals surface area contributed by atoms with E-state index in [0.717, 1.165) is 10.1 Å². The lowest BCUT2D eigenvalue weighted by Gasteiger charge is -2.02. The monoisotopic (exact) mass is 313 g/mol. The summed E-state index contributed by atoms with van der Waals surface area (Å²) in [6.45, 7) is 0. The zero-order valence-electron chi connectivity index (χ0n) is 9.71. The molecular formula is C13H8BrN5. The van der Waals surface area contributed by atoms with Gasteiger partial charge < -0.3 is 5.32 Å². The number of fused-ring (bicyclic) bond motifs is 1. The number of halogens is 1. The van der Waals surface area contributed by atoms with Gasteiger partial charge in [-0.25, -0.2) is 4.52 Å². The molecule has 0 aliphatic rings. The van der Waals surface area contributed by atoms with E-state index in [0.29, 0.717) is 17.2 Å². The minimum absolute atomic E-state index is 0.459. The standard InChI is InChI=1S/C13H8BrN5/c14-10-5-6-12-17-13(18-19(12)8-10)16-11-4-2-1-3-9(11)7-15/h1-6,8H,(H,16,18). The number of hydrogen-bond donors (Lipinski definition) is 1. The van der Waals surface area contributed by atoms with Crippen molar-refractivity contribution in [2.45, 2.75) is 0 Å². The van der Waals surface area contributed by atoms with Gasteiger partial charge >= 0.3 is 0 Å². The SMILES string of the molecule is N#Cc1ccccc1Nc1nc2ccc(Br)cn2n1. The molecule has 0 radical (unpaired) electrons. The summed E-state index contributed by atoms with van der Waals surface area (Å²) in [5.41, 5.74) is 1.99. The molecule has 3 aromatic rings. The summed E-state index contributed by atoms with van der Waals surface area (Å²) in [4.78, 5) is 4.34. The maximum absolute atomic E-state index is 9.03. The highest BCUT2D eigenvalue weighted by atomic mass is 79.9. The van der Waals surface area contributed by atoms with Crippen LogP contribution < -0.4 is 5.32 Å². The van der Waals surface area contributed by atoms with Crippen molar-refractivity contribution in [3.05, 3.63) is 52.6 Å². The Morgan fingerprint density at radius 2 is 2.05 bits per heavy atom. The quantitative estimate of drug-likeness (QED) is 0.789. The summed E-state index contributed by atoms with van der Waals surface area (Å²) in [5.74, 6) is 0.459. The van der Waals surface area contributed by atoms with Crippen LogP contribution in [-0.2, 0) is 0 Å². The summed E-state index contributed by atoms with van der Waals surface area (Å²) in [7, 11) is 0. The molecule has 0 aliphatic carbocycles. The first-order valence-electron chi connectivity index (χ1n) is 5.54. The second-order valence-electron chi connectivity index (χ2n) is 3.87. The van der Waals surface area contributed by atoms with Gasteiger partial charge in [-0.1, -0.05) is 12.1 Å². The molecule has 1 N–H and O–H groups in total. The van der Waals surface area contributed by atoms with E-state index >= 15 is 0 Å². The number of aromatic nitrogens is 3. The normalized spacial score (nSPS) is 10.3. The molecule has 92 valence electrons. The Hall–Kier alpha value is -2.39. The van der Waals surface area contributed by atoms with Crippen molar-refractivity contribution in [2.75, 3.05) is 5.32 Å². The van der Waals surface area contributed by atoms with Crippen LogP contribution in [-0.4, -0.2) is 14.6 Å². The molecule has 0 saturated carbocycles. The van der Waals surface area contributed by atoms with E-state index in [9.17, 15) is 0 Å². The molecule has 3 rings (SSSR count). The van der Waals surface area contributed by atoms with E-state index in [2.05, 4.69) is 37.4 Å². The third-order valence-corrected chi connectivity index (χ3v) is 3.06. The lowest BCUT2D eigenvalue weighted by Crippen LogP contribution is -1.95. The van der Waals surface area contributed by atoms with Crippen LogP contribution in [0, 0.1) is 11.3 Å². The molecule has 1 aromatic carbocycles. The predicted octanol–water partition coefficient (Wildman–Crippen LogP) is 3.11. The van der Waals surface area contributed by atoms with E-state index < -0.39 is 0 Å². The van der Waals surface area contributed by atoms with Crippen LogP contribution in [0.15, 0.2) is 47.1 Å². The fourth-order valence-corrected chi connectivity index (χ4v) is 2.05. The van der Waals surface area contributed by atoms with Gasteiger partial charge in [0.2, 0.25) is 5.95 Å². The van der Waals surface area contributed by atoms with E-state index in [1.165, 1.54) is 0 Å². The minimum Gasteiger partial charge on any atom is -0.322 e. The predicted molar refractivity (Wildman–Crippen MR) is 75.1 cm³/mol. The fraction of sp³-hybridized carbons (Fsp3) is 0. The van der Waals surface area contributed by atoms with Crippen LogP contribution >= 0.6 is 15.9 Å². The third kappa shape index (κ3) is 2.28. The Bertz CT molecular complexity index is 787. The van der Waals surface area contributed by atoms with Crippen molar-refractivity contribution in [2.24, 2.45) is 0 Å². The minimum atomic E-state index is 0.459. The summed E-state index contributed by atoms with van der Waals surface area (Å²) < 4.78 is 2.59. The molecule has 0 saturated heterocycles. The molecule has 0 bridgehead atoms. The molecule has 0 aliphatic heterocycles. The molecule has 0 atom stereocenters. The lowest BCUT2D eigenvalue weighted by molar-refractivity contribution is 0.960. The Labute approximate surface area is 117 Å². The van der Waals surface area contributed by atoms with Crippen LogP contribution in [0.4, 0.5) is 11.6 Å². The van der Waals surface area contributed by atoms with Crippen molar-refractivity contribution in [3.63, 3.8) is 0 Å². The van der Waals surface area contributed by atoms with Gasteiger partial charge in [-0.2, -0.15) is 10.2 Å². The second-order valence-corrected chi connectivity index (χ2v) is 4.78. The molecule has 2 aromatic heterocycles. The first kappa shape index (κ1) is 11.7. The van der Waals surface area contributed by atoms with Gasteiger partial charge in [-0.3, -0.25) is 0 Å². The molecule has 19 heavy (non-hydrogen) atoms. The van der Waals surface area contributed by atoms with Crippen LogP contribution in [0.1, 0.15) is 5.56 Å². The number of anilines is 2. The highest BCUT2D eigenvalue weighted by Crippen LogP contribution is 2.19. The fourth-order valence-electron chi connectivity index (χ4n) is 1.72. The van der Waals surface area contributed by atoms with Crippen molar-refractivity contribution in [1.29, 1.82) is 5.26 Å². The van der Waals surface area contributed by atoms with Gasteiger partial charge in [0.1, 0.15) is 6.07 Å². The summed E-state index contributed by atoms with van der Waals surface area (Å²) >= 11 is 3.38. The Morgan fingerprint density at radius 1 is 1.21 bits per heavy atom. The number of nitrogens with zero attached hydrogens (tertiary/aromatic N) is 4. The molecule has 0 unspecified atom stereocenters. The van der Waals surface area contributed by atoms with E-state index in [1.807, 2.05) is 36.5 Å². The van der Waals surface area contributed by atoms with Crippen LogP contribution in [0.5, 0.6) is 0 Å². The van der Waals surface area contributed by atoms with Crippen molar-refractivity contribution < 1.29 is 0 Å². The molecule has 6 heteroatoms. The highest BCUT2D eigenvalue weighted by Gasteiger charge is 2.06. The van der Waals surface area contributed by atoms with Crippen LogP contribution in [0.2, 0.25) is 0 Å². The number of pyridine rings is 1. The van der Waals surface area contributed by atoms with Crippen molar-refractivity contribution in [1.82, 2.24) is 14.6 Å². The Kier molecular flexibility index (Phi) is 2.89. The maximum Gasteiger partial charge on any atom is 0.247 e. The molecular weight excluding hydrogens is 306 g/mol. The number of para-hydroxylation sites is 1. The zero-order valence-corrected chi connectivity index (χ0v) is 11.3. The molecule has 0 amide bonds. The van der Waals surface area contributed by atoms with Crippen LogP contribution in [0.3, 0.4) is 0 Å². The van der Waals surface area contributed by atoms with Crippen molar-refractivity contribution >= 4 is 33.2 Å². The largest absolute Gasteiger partial charge is 0.322 e. The lowest BCUT2D eigenvalue weighted by atomic mass is 10.2. The Balaban J connectivity index is 1.99. The molecule has 5 nitrogen and oxygen atoms in total. The van der Waals surface area contributed by atoms with E-state index in [4.69, 9.17) is 5.26 Å². The molecule has 0 spiro atoms. The first-order chi connectivity index (χ1) is 9.26. The maximum atomic E-state index is 9.03. The van der Waals surface area contributed by atoms with Gasteiger partial charge in [0.15, 0.2) is 5.65 Å². The molecule has 0 fully saturated rings. The Morgan fingerprint density at radius 3 is 2.89 bits per heavy atom. The first-order valence-corrected chi connectivity index (χ1v) is 6.33. The van der Waals surface area contributed by atoms with Gasteiger partial charge in [0.05, 0.1) is 11.3 Å². The van der Waals surface area contributed by atoms with Gasteiger partial charge in [-0.15, -0.1) is 5.10 Å². The number of hydrogen-bond acceptors (Lipinski definition) is 4. The molecule has 2 heterocycles. The summed E-state index contributed by atoms with van der Waals surface area (Å²) in [6, 6.07) is 13.1. The number of rotatable bonds is 2. The van der Waals surface area contributed by atoms with Gasteiger partial charge in [0.25, 0.3) is 0 Å².